The molecule has 0 aliphatic rings. The lowest BCUT2D eigenvalue weighted by Gasteiger charge is -2.28. The minimum Gasteiger partial charge on any atom is -0.493 e. The highest BCUT2D eigenvalue weighted by molar-refractivity contribution is 9.10. The van der Waals surface area contributed by atoms with Gasteiger partial charge in [0.25, 0.3) is 0 Å². The predicted molar refractivity (Wildman–Crippen MR) is 77.3 cm³/mol. The Morgan fingerprint density at radius 2 is 1.94 bits per heavy atom. The molecule has 16 heavy (non-hydrogen) atoms. The number of ether oxygens (including phenoxy) is 1. The Morgan fingerprint density at radius 1 is 1.31 bits per heavy atom. The second-order valence-electron chi connectivity index (χ2n) is 5.34. The van der Waals surface area contributed by atoms with E-state index in [2.05, 4.69) is 55.9 Å². The molecule has 0 aliphatic heterocycles. The first-order valence-corrected chi connectivity index (χ1v) is 9.40. The van der Waals surface area contributed by atoms with Gasteiger partial charge in [0.05, 0.1) is 6.61 Å². The molecule has 0 aliphatic carbocycles. The van der Waals surface area contributed by atoms with Gasteiger partial charge in [-0.05, 0) is 29.7 Å². The zero-order valence-electron chi connectivity index (χ0n) is 10.8. The summed E-state index contributed by atoms with van der Waals surface area (Å²) in [7, 11) is -0.686. The van der Waals surface area contributed by atoms with Crippen molar-refractivity contribution in [2.24, 2.45) is 0 Å². The molecule has 0 fully saturated rings. The average Bonchev–Trinajstić information content (AvgIpc) is 2.19. The molecule has 0 spiro atoms. The Bertz CT molecular complexity index is 361. The van der Waals surface area contributed by atoms with E-state index in [4.69, 9.17) is 4.74 Å². The number of benzene rings is 1. The Hall–Kier alpha value is -0.283. The molecule has 3 heteroatoms. The fourth-order valence-electron chi connectivity index (χ4n) is 1.16. The molecular formula is C13H21BrOSi. The average molecular weight is 301 g/mol. The molecule has 0 radical (unpaired) electrons. The highest BCUT2D eigenvalue weighted by Crippen LogP contribution is 2.31. The SMILES string of the molecule is Cc1ccc(Br)cc1OCC(C)(C)[SiH](C)C. The van der Waals surface area contributed by atoms with Crippen molar-refractivity contribution < 1.29 is 4.74 Å². The van der Waals surface area contributed by atoms with Crippen LogP contribution in [0.1, 0.15) is 19.4 Å². The maximum Gasteiger partial charge on any atom is 0.123 e. The number of rotatable bonds is 4. The first kappa shape index (κ1) is 13.8. The standard InChI is InChI=1S/C13H21BrOSi/c1-10-6-7-11(14)8-12(10)15-9-13(2,3)16(4)5/h6-8,16H,9H2,1-5H3. The lowest BCUT2D eigenvalue weighted by Crippen LogP contribution is -2.27. The summed E-state index contributed by atoms with van der Waals surface area (Å²) in [5.74, 6) is 0.997. The summed E-state index contributed by atoms with van der Waals surface area (Å²) >= 11 is 3.47. The van der Waals surface area contributed by atoms with Crippen LogP contribution in [-0.2, 0) is 0 Å². The normalized spacial score (nSPS) is 11.9. The van der Waals surface area contributed by atoms with Gasteiger partial charge in [-0.1, -0.05) is 48.9 Å². The molecule has 1 aromatic rings. The molecule has 0 N–H and O–H groups in total. The second-order valence-corrected chi connectivity index (χ2v) is 10.1. The van der Waals surface area contributed by atoms with Gasteiger partial charge in [0.2, 0.25) is 0 Å². The summed E-state index contributed by atoms with van der Waals surface area (Å²) in [6, 6.07) is 6.18. The van der Waals surface area contributed by atoms with Crippen molar-refractivity contribution in [2.75, 3.05) is 6.61 Å². The summed E-state index contributed by atoms with van der Waals surface area (Å²) in [4.78, 5) is 0. The molecule has 0 atom stereocenters. The van der Waals surface area contributed by atoms with Crippen LogP contribution in [0.25, 0.3) is 0 Å². The van der Waals surface area contributed by atoms with Crippen molar-refractivity contribution in [2.45, 2.75) is 38.9 Å². The van der Waals surface area contributed by atoms with Gasteiger partial charge in [-0.25, -0.2) is 0 Å². The lowest BCUT2D eigenvalue weighted by atomic mass is 10.2. The minimum atomic E-state index is -0.686. The summed E-state index contributed by atoms with van der Waals surface area (Å²) < 4.78 is 7.02. The molecule has 0 saturated heterocycles. The van der Waals surface area contributed by atoms with E-state index in [9.17, 15) is 0 Å². The van der Waals surface area contributed by atoms with Crippen molar-refractivity contribution in [3.05, 3.63) is 28.2 Å². The molecule has 0 bridgehead atoms. The van der Waals surface area contributed by atoms with Gasteiger partial charge >= 0.3 is 0 Å². The van der Waals surface area contributed by atoms with Crippen molar-refractivity contribution in [1.82, 2.24) is 0 Å². The summed E-state index contributed by atoms with van der Waals surface area (Å²) in [5.41, 5.74) is 1.20. The third-order valence-electron chi connectivity index (χ3n) is 3.31. The van der Waals surface area contributed by atoms with Gasteiger partial charge in [0.1, 0.15) is 5.75 Å². The fourth-order valence-corrected chi connectivity index (χ4v) is 1.92. The molecule has 0 aromatic heterocycles. The minimum absolute atomic E-state index is 0.342. The van der Waals surface area contributed by atoms with Gasteiger partial charge in [-0.2, -0.15) is 0 Å². The zero-order chi connectivity index (χ0) is 12.3. The van der Waals surface area contributed by atoms with E-state index in [0.29, 0.717) is 5.04 Å². The number of halogens is 1. The topological polar surface area (TPSA) is 9.23 Å². The maximum absolute atomic E-state index is 5.95. The maximum atomic E-state index is 5.95. The van der Waals surface area contributed by atoms with Gasteiger partial charge in [0.15, 0.2) is 0 Å². The molecule has 1 rings (SSSR count). The first-order valence-electron chi connectivity index (χ1n) is 5.72. The summed E-state index contributed by atoms with van der Waals surface area (Å²) in [5, 5.41) is 0.342. The van der Waals surface area contributed by atoms with E-state index >= 15 is 0 Å². The second kappa shape index (κ2) is 5.37. The van der Waals surface area contributed by atoms with Gasteiger partial charge in [0, 0.05) is 13.3 Å². The zero-order valence-corrected chi connectivity index (χ0v) is 13.5. The molecule has 0 heterocycles. The van der Waals surface area contributed by atoms with Crippen LogP contribution in [0.4, 0.5) is 0 Å². The Labute approximate surface area is 109 Å². The third kappa shape index (κ3) is 3.63. The largest absolute Gasteiger partial charge is 0.493 e. The molecule has 0 unspecified atom stereocenters. The van der Waals surface area contributed by atoms with Crippen molar-refractivity contribution >= 4 is 24.7 Å². The predicted octanol–water partition coefficient (Wildman–Crippen LogP) is 4.40. The molecule has 0 amide bonds. The van der Waals surface area contributed by atoms with Crippen LogP contribution in [0.3, 0.4) is 0 Å². The van der Waals surface area contributed by atoms with Crippen LogP contribution in [0, 0.1) is 6.92 Å². The molecule has 1 aromatic carbocycles. The fraction of sp³-hybridized carbons (Fsp3) is 0.538. The van der Waals surface area contributed by atoms with Crippen LogP contribution < -0.4 is 4.74 Å². The summed E-state index contributed by atoms with van der Waals surface area (Å²) in [6.45, 7) is 12.2. The van der Waals surface area contributed by atoms with E-state index in [0.717, 1.165) is 16.8 Å². The Morgan fingerprint density at radius 3 is 2.50 bits per heavy atom. The van der Waals surface area contributed by atoms with Crippen LogP contribution in [0.5, 0.6) is 5.75 Å². The number of hydrogen-bond donors (Lipinski definition) is 0. The van der Waals surface area contributed by atoms with E-state index in [1.165, 1.54) is 5.56 Å². The van der Waals surface area contributed by atoms with Crippen LogP contribution in [-0.4, -0.2) is 15.4 Å². The molecule has 1 nitrogen and oxygen atoms in total. The highest BCUT2D eigenvalue weighted by atomic mass is 79.9. The first-order chi connectivity index (χ1) is 7.33. The van der Waals surface area contributed by atoms with Gasteiger partial charge < -0.3 is 4.74 Å². The smallest absolute Gasteiger partial charge is 0.123 e. The van der Waals surface area contributed by atoms with E-state index < -0.39 is 8.80 Å². The van der Waals surface area contributed by atoms with E-state index in [-0.39, 0.29) is 0 Å². The third-order valence-corrected chi connectivity index (χ3v) is 7.10. The highest BCUT2D eigenvalue weighted by Gasteiger charge is 2.24. The summed E-state index contributed by atoms with van der Waals surface area (Å²) in [6.07, 6.45) is 0. The van der Waals surface area contributed by atoms with Crippen molar-refractivity contribution in [1.29, 1.82) is 0 Å². The lowest BCUT2D eigenvalue weighted by molar-refractivity contribution is 0.274. The number of aryl methyl sites for hydroxylation is 1. The molecule has 90 valence electrons. The van der Waals surface area contributed by atoms with Crippen LogP contribution in [0.2, 0.25) is 18.1 Å². The Kier molecular flexibility index (Phi) is 4.62. The Balaban J connectivity index is 2.71. The van der Waals surface area contributed by atoms with Crippen molar-refractivity contribution in [3.63, 3.8) is 0 Å². The molecule has 0 saturated carbocycles. The van der Waals surface area contributed by atoms with E-state index in [1.807, 2.05) is 12.1 Å². The van der Waals surface area contributed by atoms with E-state index in [1.54, 1.807) is 0 Å². The van der Waals surface area contributed by atoms with Crippen molar-refractivity contribution in [3.8, 4) is 5.75 Å². The van der Waals surface area contributed by atoms with Crippen LogP contribution >= 0.6 is 15.9 Å². The van der Waals surface area contributed by atoms with Gasteiger partial charge in [-0.3, -0.25) is 0 Å². The monoisotopic (exact) mass is 300 g/mol. The van der Waals surface area contributed by atoms with Crippen LogP contribution in [0.15, 0.2) is 22.7 Å². The number of hydrogen-bond acceptors (Lipinski definition) is 1. The molecular weight excluding hydrogens is 280 g/mol. The van der Waals surface area contributed by atoms with Gasteiger partial charge in [-0.15, -0.1) is 0 Å². The quantitative estimate of drug-likeness (QED) is 0.749.